The van der Waals surface area contributed by atoms with Crippen LogP contribution in [0.5, 0.6) is 11.5 Å². The summed E-state index contributed by atoms with van der Waals surface area (Å²) < 4.78 is 12.3. The van der Waals surface area contributed by atoms with E-state index in [4.69, 9.17) is 14.5 Å². The molecule has 4 rings (SSSR count). The van der Waals surface area contributed by atoms with Crippen molar-refractivity contribution < 1.29 is 14.3 Å². The maximum atomic E-state index is 13.3. The van der Waals surface area contributed by atoms with Gasteiger partial charge in [-0.05, 0) is 47.7 Å². The largest absolute Gasteiger partial charge is 0.493 e. The molecule has 0 saturated carbocycles. The van der Waals surface area contributed by atoms with Crippen molar-refractivity contribution in [3.05, 3.63) is 80.8 Å². The van der Waals surface area contributed by atoms with E-state index in [1.54, 1.807) is 36.2 Å². The Labute approximate surface area is 205 Å². The van der Waals surface area contributed by atoms with E-state index in [9.17, 15) is 9.59 Å². The molecule has 2 heterocycles. The van der Waals surface area contributed by atoms with Gasteiger partial charge in [0.1, 0.15) is 0 Å². The Bertz CT molecular complexity index is 1340. The summed E-state index contributed by atoms with van der Waals surface area (Å²) >= 11 is 2.93. The van der Waals surface area contributed by atoms with E-state index >= 15 is 0 Å². The van der Waals surface area contributed by atoms with E-state index in [2.05, 4.69) is 11.4 Å². The maximum absolute atomic E-state index is 13.3. The first-order valence-electron chi connectivity index (χ1n) is 10.7. The van der Waals surface area contributed by atoms with Crippen LogP contribution in [0, 0.1) is 0 Å². The SMILES string of the molecule is COc1ccc(Cn2c(SCC(=O)NCCc3cccs3)nc3ccccc3c2=O)cc1OC. The van der Waals surface area contributed by atoms with Gasteiger partial charge in [-0.25, -0.2) is 4.98 Å². The number of para-hydroxylation sites is 1. The zero-order valence-corrected chi connectivity index (χ0v) is 20.6. The van der Waals surface area contributed by atoms with Crippen LogP contribution in [0.25, 0.3) is 10.9 Å². The quantitative estimate of drug-likeness (QED) is 0.265. The topological polar surface area (TPSA) is 82.5 Å². The Morgan fingerprint density at radius 2 is 1.91 bits per heavy atom. The smallest absolute Gasteiger partial charge is 0.262 e. The second-order valence-corrected chi connectivity index (χ2v) is 9.43. The summed E-state index contributed by atoms with van der Waals surface area (Å²) in [6.07, 6.45) is 0.798. The summed E-state index contributed by atoms with van der Waals surface area (Å²) in [4.78, 5) is 31.7. The van der Waals surface area contributed by atoms with Crippen molar-refractivity contribution in [2.75, 3.05) is 26.5 Å². The second kappa shape index (κ2) is 11.2. The molecule has 2 aromatic carbocycles. The van der Waals surface area contributed by atoms with Crippen LogP contribution in [0.2, 0.25) is 0 Å². The molecule has 0 radical (unpaired) electrons. The van der Waals surface area contributed by atoms with Crippen molar-refractivity contribution in [3.63, 3.8) is 0 Å². The van der Waals surface area contributed by atoms with E-state index in [-0.39, 0.29) is 17.2 Å². The van der Waals surface area contributed by atoms with Gasteiger partial charge >= 0.3 is 0 Å². The first-order valence-corrected chi connectivity index (χ1v) is 12.6. The number of carbonyl (C=O) groups is 1. The minimum Gasteiger partial charge on any atom is -0.493 e. The number of amides is 1. The second-order valence-electron chi connectivity index (χ2n) is 7.46. The molecule has 0 atom stereocenters. The summed E-state index contributed by atoms with van der Waals surface area (Å²) in [5.74, 6) is 1.27. The molecule has 4 aromatic rings. The standard InChI is InChI=1S/C25H25N3O4S2/c1-31-21-10-9-17(14-22(21)32-2)15-28-24(30)19-7-3-4-8-20(19)27-25(28)34-16-23(29)26-12-11-18-6-5-13-33-18/h3-10,13-14H,11-12,15-16H2,1-2H3,(H,26,29). The van der Waals surface area contributed by atoms with E-state index in [0.29, 0.717) is 40.6 Å². The number of thioether (sulfide) groups is 1. The number of nitrogens with one attached hydrogen (secondary N) is 1. The maximum Gasteiger partial charge on any atom is 0.262 e. The third-order valence-electron chi connectivity index (χ3n) is 5.22. The summed E-state index contributed by atoms with van der Waals surface area (Å²) in [5.41, 5.74) is 1.32. The predicted octanol–water partition coefficient (Wildman–Crippen LogP) is 3.97. The minimum atomic E-state index is -0.152. The molecule has 0 aliphatic rings. The zero-order chi connectivity index (χ0) is 23.9. The predicted molar refractivity (Wildman–Crippen MR) is 136 cm³/mol. The van der Waals surface area contributed by atoms with Crippen molar-refractivity contribution in [2.24, 2.45) is 0 Å². The van der Waals surface area contributed by atoms with E-state index < -0.39 is 0 Å². The number of fused-ring (bicyclic) bond motifs is 1. The van der Waals surface area contributed by atoms with Gasteiger partial charge in [0.15, 0.2) is 16.7 Å². The van der Waals surface area contributed by atoms with E-state index in [0.717, 1.165) is 12.0 Å². The molecular weight excluding hydrogens is 470 g/mol. The number of thiophene rings is 1. The van der Waals surface area contributed by atoms with Crippen LogP contribution in [-0.2, 0) is 17.8 Å². The normalized spacial score (nSPS) is 10.9. The van der Waals surface area contributed by atoms with Gasteiger partial charge in [-0.1, -0.05) is 36.0 Å². The highest BCUT2D eigenvalue weighted by Crippen LogP contribution is 2.28. The number of methoxy groups -OCH3 is 2. The summed E-state index contributed by atoms with van der Waals surface area (Å²) in [6, 6.07) is 16.8. The lowest BCUT2D eigenvalue weighted by Gasteiger charge is -2.15. The fraction of sp³-hybridized carbons (Fsp3) is 0.240. The molecule has 0 bridgehead atoms. The number of nitrogens with zero attached hydrogens (tertiary/aromatic N) is 2. The molecule has 0 aliphatic heterocycles. The average molecular weight is 496 g/mol. The lowest BCUT2D eigenvalue weighted by atomic mass is 10.2. The highest BCUT2D eigenvalue weighted by atomic mass is 32.2. The minimum absolute atomic E-state index is 0.0957. The van der Waals surface area contributed by atoms with E-state index in [1.807, 2.05) is 47.8 Å². The Morgan fingerprint density at radius 1 is 1.09 bits per heavy atom. The number of carbonyl (C=O) groups excluding carboxylic acids is 1. The van der Waals surface area contributed by atoms with Crippen LogP contribution in [0.1, 0.15) is 10.4 Å². The number of benzene rings is 2. The fourth-order valence-corrected chi connectivity index (χ4v) is 5.06. The zero-order valence-electron chi connectivity index (χ0n) is 18.9. The molecule has 7 nitrogen and oxygen atoms in total. The Hall–Kier alpha value is -3.30. The van der Waals surface area contributed by atoms with Gasteiger partial charge in [-0.15, -0.1) is 11.3 Å². The molecular formula is C25H25N3O4S2. The Balaban J connectivity index is 1.55. The van der Waals surface area contributed by atoms with Gasteiger partial charge in [0.05, 0.1) is 37.4 Å². The molecule has 0 unspecified atom stereocenters. The Kier molecular flexibility index (Phi) is 7.87. The highest BCUT2D eigenvalue weighted by Gasteiger charge is 2.15. The van der Waals surface area contributed by atoms with Crippen molar-refractivity contribution in [1.29, 1.82) is 0 Å². The lowest BCUT2D eigenvalue weighted by molar-refractivity contribution is -0.118. The number of aromatic nitrogens is 2. The average Bonchev–Trinajstić information content (AvgIpc) is 3.38. The van der Waals surface area contributed by atoms with Crippen LogP contribution in [0.15, 0.2) is 69.9 Å². The van der Waals surface area contributed by atoms with Gasteiger partial charge in [-0.3, -0.25) is 14.2 Å². The summed E-state index contributed by atoms with van der Waals surface area (Å²) in [7, 11) is 3.15. The molecule has 0 aliphatic carbocycles. The van der Waals surface area contributed by atoms with Crippen LogP contribution >= 0.6 is 23.1 Å². The number of ether oxygens (including phenoxy) is 2. The number of hydrogen-bond donors (Lipinski definition) is 1. The van der Waals surface area contributed by atoms with Crippen LogP contribution in [0.3, 0.4) is 0 Å². The van der Waals surface area contributed by atoms with Gasteiger partial charge in [0, 0.05) is 11.4 Å². The van der Waals surface area contributed by atoms with Crippen molar-refractivity contribution in [3.8, 4) is 11.5 Å². The van der Waals surface area contributed by atoms with E-state index in [1.165, 1.54) is 16.6 Å². The molecule has 1 N–H and O–H groups in total. The van der Waals surface area contributed by atoms with Crippen molar-refractivity contribution in [1.82, 2.24) is 14.9 Å². The molecule has 0 spiro atoms. The van der Waals surface area contributed by atoms with Crippen molar-refractivity contribution >= 4 is 39.9 Å². The van der Waals surface area contributed by atoms with Crippen molar-refractivity contribution in [2.45, 2.75) is 18.1 Å². The third-order valence-corrected chi connectivity index (χ3v) is 7.13. The molecule has 2 aromatic heterocycles. The van der Waals surface area contributed by atoms with Gasteiger partial charge < -0.3 is 14.8 Å². The van der Waals surface area contributed by atoms with Crippen LogP contribution in [-0.4, -0.2) is 42.0 Å². The van der Waals surface area contributed by atoms with Crippen LogP contribution in [0.4, 0.5) is 0 Å². The first kappa shape index (κ1) is 23.8. The molecule has 1 amide bonds. The third kappa shape index (κ3) is 5.60. The number of hydrogen-bond acceptors (Lipinski definition) is 7. The Morgan fingerprint density at radius 3 is 2.68 bits per heavy atom. The molecule has 34 heavy (non-hydrogen) atoms. The highest BCUT2D eigenvalue weighted by molar-refractivity contribution is 7.99. The first-order chi connectivity index (χ1) is 16.6. The molecule has 9 heteroatoms. The molecule has 176 valence electrons. The number of rotatable bonds is 10. The van der Waals surface area contributed by atoms with Gasteiger partial charge in [-0.2, -0.15) is 0 Å². The van der Waals surface area contributed by atoms with Crippen LogP contribution < -0.4 is 20.3 Å². The summed E-state index contributed by atoms with van der Waals surface area (Å²) in [6.45, 7) is 0.864. The molecule has 0 saturated heterocycles. The monoisotopic (exact) mass is 495 g/mol. The lowest BCUT2D eigenvalue weighted by Crippen LogP contribution is -2.28. The van der Waals surface area contributed by atoms with Gasteiger partial charge in [0.2, 0.25) is 5.91 Å². The molecule has 0 fully saturated rings. The van der Waals surface area contributed by atoms with Gasteiger partial charge in [0.25, 0.3) is 5.56 Å². The fourth-order valence-electron chi connectivity index (χ4n) is 3.52. The summed E-state index contributed by atoms with van der Waals surface area (Å²) in [5, 5.41) is 5.99.